The van der Waals surface area contributed by atoms with Crippen LogP contribution in [0.5, 0.6) is 5.75 Å². The van der Waals surface area contributed by atoms with Crippen LogP contribution in [0.4, 0.5) is 0 Å². The van der Waals surface area contributed by atoms with Crippen LogP contribution in [0.3, 0.4) is 0 Å². The number of ether oxygens (including phenoxy) is 2. The van der Waals surface area contributed by atoms with Gasteiger partial charge in [0.1, 0.15) is 5.75 Å². The van der Waals surface area contributed by atoms with E-state index in [9.17, 15) is 4.79 Å². The minimum Gasteiger partial charge on any atom is -0.497 e. The van der Waals surface area contributed by atoms with Crippen LogP contribution in [0.2, 0.25) is 0 Å². The van der Waals surface area contributed by atoms with Gasteiger partial charge in [-0.3, -0.25) is 9.78 Å². The lowest BCUT2D eigenvalue weighted by molar-refractivity contribution is 0.0740. The number of pyridine rings is 1. The minimum atomic E-state index is 0.0354. The summed E-state index contributed by atoms with van der Waals surface area (Å²) in [5.41, 5.74) is 2.25. The van der Waals surface area contributed by atoms with Crippen molar-refractivity contribution < 1.29 is 14.3 Å². The summed E-state index contributed by atoms with van der Waals surface area (Å²) in [6, 6.07) is 7.62. The van der Waals surface area contributed by atoms with Crippen LogP contribution in [0.25, 0.3) is 10.9 Å². The normalized spacial score (nSPS) is 15.6. The fourth-order valence-electron chi connectivity index (χ4n) is 2.71. The van der Waals surface area contributed by atoms with E-state index in [4.69, 9.17) is 9.47 Å². The topological polar surface area (TPSA) is 51.7 Å². The second kappa shape index (κ2) is 6.32. The molecule has 1 aromatic carbocycles. The van der Waals surface area contributed by atoms with Gasteiger partial charge in [0.05, 0.1) is 30.5 Å². The molecule has 5 heteroatoms. The van der Waals surface area contributed by atoms with Crippen LogP contribution in [-0.4, -0.2) is 49.2 Å². The molecular weight excluding hydrogens is 280 g/mol. The Balaban J connectivity index is 1.95. The van der Waals surface area contributed by atoms with Crippen LogP contribution in [-0.2, 0) is 4.74 Å². The third-order valence-electron chi connectivity index (χ3n) is 3.96. The van der Waals surface area contributed by atoms with Crippen molar-refractivity contribution in [2.24, 2.45) is 0 Å². The number of hydrogen-bond donors (Lipinski definition) is 0. The molecule has 2 aromatic rings. The molecule has 0 atom stereocenters. The van der Waals surface area contributed by atoms with Crippen molar-refractivity contribution in [2.75, 3.05) is 33.4 Å². The van der Waals surface area contributed by atoms with Crippen LogP contribution in [0, 0.1) is 6.92 Å². The standard InChI is InChI=1S/C17H20N2O3/c1-12-15(17(20)19-6-3-8-22-9-7-19)10-13-4-5-14(21-2)11-16(13)18-12/h4-5,10-11H,3,6-9H2,1-2H3. The molecule has 1 saturated heterocycles. The maximum Gasteiger partial charge on any atom is 0.255 e. The van der Waals surface area contributed by atoms with Crippen molar-refractivity contribution in [2.45, 2.75) is 13.3 Å². The number of aromatic nitrogens is 1. The van der Waals surface area contributed by atoms with Crippen LogP contribution >= 0.6 is 0 Å². The second-order valence-corrected chi connectivity index (χ2v) is 5.44. The Morgan fingerprint density at radius 3 is 2.95 bits per heavy atom. The first-order valence-electron chi connectivity index (χ1n) is 7.51. The lowest BCUT2D eigenvalue weighted by atomic mass is 10.1. The van der Waals surface area contributed by atoms with Gasteiger partial charge in [-0.25, -0.2) is 0 Å². The zero-order valence-corrected chi connectivity index (χ0v) is 13.0. The van der Waals surface area contributed by atoms with Gasteiger partial charge in [-0.1, -0.05) is 0 Å². The quantitative estimate of drug-likeness (QED) is 0.854. The summed E-state index contributed by atoms with van der Waals surface area (Å²) in [5.74, 6) is 0.802. The van der Waals surface area contributed by atoms with Crippen molar-refractivity contribution in [3.8, 4) is 5.75 Å². The number of fused-ring (bicyclic) bond motifs is 1. The SMILES string of the molecule is COc1ccc2cc(C(=O)N3CCCOCC3)c(C)nc2c1. The first-order valence-corrected chi connectivity index (χ1v) is 7.51. The molecular formula is C17H20N2O3. The van der Waals surface area contributed by atoms with Gasteiger partial charge in [-0.15, -0.1) is 0 Å². The first-order chi connectivity index (χ1) is 10.7. The molecule has 5 nitrogen and oxygen atoms in total. The molecule has 1 amide bonds. The predicted molar refractivity (Wildman–Crippen MR) is 84.4 cm³/mol. The Morgan fingerprint density at radius 1 is 1.27 bits per heavy atom. The summed E-state index contributed by atoms with van der Waals surface area (Å²) in [4.78, 5) is 19.2. The van der Waals surface area contributed by atoms with Crippen molar-refractivity contribution >= 4 is 16.8 Å². The van der Waals surface area contributed by atoms with Crippen molar-refractivity contribution in [3.05, 3.63) is 35.5 Å². The largest absolute Gasteiger partial charge is 0.497 e. The average Bonchev–Trinajstić information content (AvgIpc) is 2.82. The summed E-state index contributed by atoms with van der Waals surface area (Å²) in [6.07, 6.45) is 0.878. The molecule has 0 unspecified atom stereocenters. The van der Waals surface area contributed by atoms with E-state index in [1.54, 1.807) is 7.11 Å². The molecule has 3 rings (SSSR count). The Hall–Kier alpha value is -2.14. The molecule has 0 saturated carbocycles. The van der Waals surface area contributed by atoms with Crippen molar-refractivity contribution in [1.82, 2.24) is 9.88 Å². The van der Waals surface area contributed by atoms with Gasteiger partial charge in [0.15, 0.2) is 0 Å². The van der Waals surface area contributed by atoms with Crippen LogP contribution in [0.15, 0.2) is 24.3 Å². The monoisotopic (exact) mass is 300 g/mol. The highest BCUT2D eigenvalue weighted by molar-refractivity contribution is 5.98. The zero-order valence-electron chi connectivity index (χ0n) is 13.0. The number of rotatable bonds is 2. The van der Waals surface area contributed by atoms with E-state index in [1.807, 2.05) is 36.1 Å². The molecule has 1 fully saturated rings. The van der Waals surface area contributed by atoms with E-state index in [0.717, 1.165) is 41.9 Å². The van der Waals surface area contributed by atoms with E-state index in [-0.39, 0.29) is 5.91 Å². The molecule has 2 heterocycles. The second-order valence-electron chi connectivity index (χ2n) is 5.44. The van der Waals surface area contributed by atoms with Crippen LogP contribution < -0.4 is 4.74 Å². The summed E-state index contributed by atoms with van der Waals surface area (Å²) >= 11 is 0. The number of amides is 1. The third kappa shape index (κ3) is 2.90. The Bertz CT molecular complexity index is 692. The molecule has 0 N–H and O–H groups in total. The highest BCUT2D eigenvalue weighted by Crippen LogP contribution is 2.22. The fourth-order valence-corrected chi connectivity index (χ4v) is 2.71. The van der Waals surface area contributed by atoms with Gasteiger partial charge in [0.25, 0.3) is 5.91 Å². The van der Waals surface area contributed by atoms with E-state index in [2.05, 4.69) is 4.98 Å². The number of carbonyl (C=O) groups excluding carboxylic acids is 1. The third-order valence-corrected chi connectivity index (χ3v) is 3.96. The maximum atomic E-state index is 12.7. The predicted octanol–water partition coefficient (Wildman–Crippen LogP) is 2.41. The lowest BCUT2D eigenvalue weighted by Gasteiger charge is -2.20. The van der Waals surface area contributed by atoms with Gasteiger partial charge in [0.2, 0.25) is 0 Å². The van der Waals surface area contributed by atoms with Gasteiger partial charge in [-0.05, 0) is 31.5 Å². The number of aryl methyl sites for hydroxylation is 1. The summed E-state index contributed by atoms with van der Waals surface area (Å²) in [5, 5.41) is 0.945. The molecule has 0 aliphatic carbocycles. The maximum absolute atomic E-state index is 12.7. The highest BCUT2D eigenvalue weighted by atomic mass is 16.5. The number of methoxy groups -OCH3 is 1. The molecule has 1 aliphatic rings. The molecule has 0 bridgehead atoms. The molecule has 0 spiro atoms. The molecule has 1 aliphatic heterocycles. The lowest BCUT2D eigenvalue weighted by Crippen LogP contribution is -2.33. The zero-order chi connectivity index (χ0) is 15.5. The Kier molecular flexibility index (Phi) is 4.24. The smallest absolute Gasteiger partial charge is 0.255 e. The summed E-state index contributed by atoms with van der Waals surface area (Å²) < 4.78 is 10.6. The molecule has 0 radical (unpaired) electrons. The fraction of sp³-hybridized carbons (Fsp3) is 0.412. The van der Waals surface area contributed by atoms with Crippen molar-refractivity contribution in [3.63, 3.8) is 0 Å². The summed E-state index contributed by atoms with van der Waals surface area (Å²) in [6.45, 7) is 4.57. The van der Waals surface area contributed by atoms with E-state index < -0.39 is 0 Å². The average molecular weight is 300 g/mol. The van der Waals surface area contributed by atoms with E-state index in [1.165, 1.54) is 0 Å². The number of carbonyl (C=O) groups is 1. The first kappa shape index (κ1) is 14.8. The Labute approximate surface area is 129 Å². The Morgan fingerprint density at radius 2 is 2.14 bits per heavy atom. The molecule has 1 aromatic heterocycles. The van der Waals surface area contributed by atoms with E-state index >= 15 is 0 Å². The highest BCUT2D eigenvalue weighted by Gasteiger charge is 2.20. The van der Waals surface area contributed by atoms with Crippen molar-refractivity contribution in [1.29, 1.82) is 0 Å². The van der Waals surface area contributed by atoms with Gasteiger partial charge in [0, 0.05) is 31.1 Å². The van der Waals surface area contributed by atoms with E-state index in [0.29, 0.717) is 18.7 Å². The number of hydrogen-bond acceptors (Lipinski definition) is 4. The van der Waals surface area contributed by atoms with Crippen LogP contribution in [0.1, 0.15) is 22.5 Å². The van der Waals surface area contributed by atoms with Gasteiger partial charge in [-0.2, -0.15) is 0 Å². The summed E-state index contributed by atoms with van der Waals surface area (Å²) in [7, 11) is 1.63. The number of benzene rings is 1. The number of nitrogens with zero attached hydrogens (tertiary/aromatic N) is 2. The molecule has 116 valence electrons. The minimum absolute atomic E-state index is 0.0354. The van der Waals surface area contributed by atoms with Gasteiger partial charge < -0.3 is 14.4 Å². The molecule has 22 heavy (non-hydrogen) atoms. The van der Waals surface area contributed by atoms with Gasteiger partial charge >= 0.3 is 0 Å².